The molecule has 0 aromatic heterocycles. The van der Waals surface area contributed by atoms with E-state index >= 15 is 0 Å². The number of nitrogens with zero attached hydrogens (tertiary/aromatic N) is 2. The van der Waals surface area contributed by atoms with Crippen molar-refractivity contribution in [3.05, 3.63) is 84.2 Å². The Hall–Kier alpha value is -3.98. The Morgan fingerprint density at radius 2 is 1.52 bits per heavy atom. The standard InChI is InChI=1S/C26H25FN4O7S2/c1-17(32)29-20-6-8-21(9-7-20)31-25(33)16-24(26(31)34)30(40(37,38)23-12-4-19(27)5-13-23)15-14-18-2-10-22(11-3-18)39(28,35)36/h2-13,24H,14-16H2,1H3,(H,29,32)(H2,28,35,36). The van der Waals surface area contributed by atoms with Crippen molar-refractivity contribution in [1.29, 1.82) is 0 Å². The van der Waals surface area contributed by atoms with E-state index < -0.39 is 50.1 Å². The molecule has 0 bridgehead atoms. The molecule has 210 valence electrons. The number of nitrogens with one attached hydrogen (secondary N) is 1. The SMILES string of the molecule is CC(=O)Nc1ccc(N2C(=O)CC(N(CCc3ccc(S(N)(=O)=O)cc3)S(=O)(=O)c3ccc(F)cc3)C2=O)cc1. The van der Waals surface area contributed by atoms with E-state index in [1.807, 2.05) is 0 Å². The summed E-state index contributed by atoms with van der Waals surface area (Å²) in [5.41, 5.74) is 1.19. The molecule has 1 unspecified atom stereocenters. The zero-order chi connectivity index (χ0) is 29.2. The van der Waals surface area contributed by atoms with Crippen molar-refractivity contribution in [3.63, 3.8) is 0 Å². The van der Waals surface area contributed by atoms with Crippen LogP contribution in [-0.2, 0) is 40.9 Å². The van der Waals surface area contributed by atoms with Gasteiger partial charge < -0.3 is 5.32 Å². The van der Waals surface area contributed by atoms with E-state index in [0.29, 0.717) is 11.3 Å². The van der Waals surface area contributed by atoms with Gasteiger partial charge in [0.05, 0.1) is 21.9 Å². The first kappa shape index (κ1) is 29.0. The van der Waals surface area contributed by atoms with Crippen LogP contribution in [0.1, 0.15) is 18.9 Å². The maximum atomic E-state index is 13.7. The molecule has 3 N–H and O–H groups in total. The highest BCUT2D eigenvalue weighted by Crippen LogP contribution is 2.30. The van der Waals surface area contributed by atoms with Crippen LogP contribution in [0.3, 0.4) is 0 Å². The van der Waals surface area contributed by atoms with Gasteiger partial charge in [0.1, 0.15) is 11.9 Å². The lowest BCUT2D eigenvalue weighted by Gasteiger charge is -2.27. The van der Waals surface area contributed by atoms with Crippen LogP contribution < -0.4 is 15.4 Å². The summed E-state index contributed by atoms with van der Waals surface area (Å²) in [6.07, 6.45) is -0.369. The van der Waals surface area contributed by atoms with Crippen molar-refractivity contribution >= 4 is 49.1 Å². The van der Waals surface area contributed by atoms with Crippen LogP contribution in [0, 0.1) is 5.82 Å². The lowest BCUT2D eigenvalue weighted by atomic mass is 10.1. The number of rotatable bonds is 9. The number of nitrogens with two attached hydrogens (primary N) is 1. The molecule has 1 heterocycles. The molecular formula is C26H25FN4O7S2. The van der Waals surface area contributed by atoms with E-state index in [4.69, 9.17) is 5.14 Å². The van der Waals surface area contributed by atoms with Crippen LogP contribution in [0.4, 0.5) is 15.8 Å². The monoisotopic (exact) mass is 588 g/mol. The largest absolute Gasteiger partial charge is 0.326 e. The summed E-state index contributed by atoms with van der Waals surface area (Å²) in [5.74, 6) is -2.35. The lowest BCUT2D eigenvalue weighted by Crippen LogP contribution is -2.46. The molecule has 1 aliphatic heterocycles. The van der Waals surface area contributed by atoms with Crippen LogP contribution in [0.5, 0.6) is 0 Å². The second-order valence-corrected chi connectivity index (χ2v) is 12.5. The van der Waals surface area contributed by atoms with Gasteiger partial charge in [-0.05, 0) is 72.6 Å². The van der Waals surface area contributed by atoms with Crippen LogP contribution in [0.25, 0.3) is 0 Å². The van der Waals surface area contributed by atoms with E-state index in [1.165, 1.54) is 55.5 Å². The van der Waals surface area contributed by atoms with Gasteiger partial charge in [-0.3, -0.25) is 14.4 Å². The number of primary sulfonamides is 1. The molecule has 11 nitrogen and oxygen atoms in total. The third kappa shape index (κ3) is 6.25. The fourth-order valence-electron chi connectivity index (χ4n) is 4.28. The normalized spacial score (nSPS) is 16.0. The maximum Gasteiger partial charge on any atom is 0.252 e. The summed E-state index contributed by atoms with van der Waals surface area (Å²) in [6.45, 7) is 1.09. The lowest BCUT2D eigenvalue weighted by molar-refractivity contribution is -0.122. The van der Waals surface area contributed by atoms with Gasteiger partial charge in [0.25, 0.3) is 5.91 Å². The summed E-state index contributed by atoms with van der Waals surface area (Å²) in [7, 11) is -8.31. The van der Waals surface area contributed by atoms with E-state index in [2.05, 4.69) is 5.32 Å². The maximum absolute atomic E-state index is 13.7. The highest BCUT2D eigenvalue weighted by Gasteiger charge is 2.46. The van der Waals surface area contributed by atoms with Crippen LogP contribution >= 0.6 is 0 Å². The number of hydrogen-bond donors (Lipinski definition) is 2. The molecule has 3 aromatic rings. The number of benzene rings is 3. The number of imide groups is 1. The van der Waals surface area contributed by atoms with Crippen LogP contribution in [0.2, 0.25) is 0 Å². The summed E-state index contributed by atoms with van der Waals surface area (Å²) in [5, 5.41) is 7.70. The molecule has 3 amide bonds. The third-order valence-corrected chi connectivity index (χ3v) is 9.06. The van der Waals surface area contributed by atoms with Gasteiger partial charge in [-0.15, -0.1) is 0 Å². The first-order valence-electron chi connectivity index (χ1n) is 11.9. The molecule has 0 radical (unpaired) electrons. The first-order chi connectivity index (χ1) is 18.8. The molecule has 0 saturated carbocycles. The summed E-state index contributed by atoms with van der Waals surface area (Å²) in [4.78, 5) is 38.3. The van der Waals surface area contributed by atoms with Gasteiger partial charge in [-0.1, -0.05) is 12.1 Å². The molecule has 1 aliphatic rings. The quantitative estimate of drug-likeness (QED) is 0.361. The number of carbonyl (C=O) groups excluding carboxylic acids is 3. The first-order valence-corrected chi connectivity index (χ1v) is 14.9. The molecule has 40 heavy (non-hydrogen) atoms. The van der Waals surface area contributed by atoms with Crippen molar-refractivity contribution in [2.24, 2.45) is 5.14 Å². The molecule has 0 spiro atoms. The van der Waals surface area contributed by atoms with Gasteiger partial charge in [-0.25, -0.2) is 31.3 Å². The Morgan fingerprint density at radius 1 is 0.950 bits per heavy atom. The Balaban J connectivity index is 1.65. The molecule has 14 heteroatoms. The van der Waals surface area contributed by atoms with Crippen LogP contribution in [-0.4, -0.2) is 51.4 Å². The second-order valence-electron chi connectivity index (χ2n) is 9.02. The fraction of sp³-hybridized carbons (Fsp3) is 0.192. The number of sulfonamides is 2. The third-order valence-electron chi connectivity index (χ3n) is 6.21. The number of hydrogen-bond acceptors (Lipinski definition) is 7. The number of halogens is 1. The highest BCUT2D eigenvalue weighted by molar-refractivity contribution is 7.89. The van der Waals surface area contributed by atoms with Crippen LogP contribution in [0.15, 0.2) is 82.6 Å². The topological polar surface area (TPSA) is 164 Å². The summed E-state index contributed by atoms with van der Waals surface area (Å²) in [6, 6.07) is 14.1. The minimum absolute atomic E-state index is 0.0642. The van der Waals surface area contributed by atoms with Gasteiger partial charge in [0.2, 0.25) is 31.9 Å². The van der Waals surface area contributed by atoms with Gasteiger partial charge in [-0.2, -0.15) is 4.31 Å². The number of amides is 3. The number of anilines is 2. The van der Waals surface area contributed by atoms with Crippen molar-refractivity contribution in [2.45, 2.75) is 35.6 Å². The van der Waals surface area contributed by atoms with Crippen molar-refractivity contribution < 1.29 is 35.6 Å². The Kier molecular flexibility index (Phi) is 8.16. The fourth-order valence-corrected chi connectivity index (χ4v) is 6.38. The molecule has 0 aliphatic carbocycles. The molecule has 1 saturated heterocycles. The number of carbonyl (C=O) groups is 3. The average molecular weight is 589 g/mol. The molecule has 3 aromatic carbocycles. The summed E-state index contributed by atoms with van der Waals surface area (Å²) < 4.78 is 64.9. The minimum atomic E-state index is -4.38. The Bertz CT molecular complexity index is 1660. The molecule has 1 atom stereocenters. The van der Waals surface area contributed by atoms with Crippen molar-refractivity contribution in [3.8, 4) is 0 Å². The van der Waals surface area contributed by atoms with E-state index in [1.54, 1.807) is 0 Å². The van der Waals surface area contributed by atoms with Crippen molar-refractivity contribution in [1.82, 2.24) is 4.31 Å². The van der Waals surface area contributed by atoms with Gasteiger partial charge >= 0.3 is 0 Å². The molecule has 4 rings (SSSR count). The molecular weight excluding hydrogens is 563 g/mol. The van der Waals surface area contributed by atoms with Gasteiger partial charge in [0.15, 0.2) is 0 Å². The predicted molar refractivity (Wildman–Crippen MR) is 143 cm³/mol. The van der Waals surface area contributed by atoms with Crippen molar-refractivity contribution in [2.75, 3.05) is 16.8 Å². The van der Waals surface area contributed by atoms with Gasteiger partial charge in [0, 0.05) is 19.2 Å². The smallest absolute Gasteiger partial charge is 0.252 e. The van der Waals surface area contributed by atoms with E-state index in [9.17, 15) is 35.6 Å². The highest BCUT2D eigenvalue weighted by atomic mass is 32.2. The molecule has 1 fully saturated rings. The Morgan fingerprint density at radius 3 is 2.08 bits per heavy atom. The van der Waals surface area contributed by atoms with E-state index in [-0.39, 0.29) is 34.4 Å². The zero-order valence-electron chi connectivity index (χ0n) is 21.2. The Labute approximate surface area is 230 Å². The minimum Gasteiger partial charge on any atom is -0.326 e. The zero-order valence-corrected chi connectivity index (χ0v) is 22.8. The predicted octanol–water partition coefficient (Wildman–Crippen LogP) is 2.00. The summed E-state index contributed by atoms with van der Waals surface area (Å²) >= 11 is 0. The average Bonchev–Trinajstić information content (AvgIpc) is 3.17. The van der Waals surface area contributed by atoms with E-state index in [0.717, 1.165) is 33.5 Å². The second kappa shape index (κ2) is 11.3.